The maximum absolute atomic E-state index is 14.6. The number of aryl methyl sites for hydroxylation is 1. The Hall–Kier alpha value is -4.60. The Labute approximate surface area is 280 Å². The number of hydrogen-bond donors (Lipinski definition) is 3. The van der Waals surface area contributed by atoms with Crippen LogP contribution in [0.25, 0.3) is 0 Å². The molecule has 0 radical (unpaired) electrons. The summed E-state index contributed by atoms with van der Waals surface area (Å²) in [4.78, 5) is 34.4. The van der Waals surface area contributed by atoms with Crippen LogP contribution in [0.1, 0.15) is 34.5 Å². The molecule has 1 fully saturated rings. The average Bonchev–Trinajstić information content (AvgIpc) is 3.01. The zero-order chi connectivity index (χ0) is 34.6. The molecule has 0 atom stereocenters. The van der Waals surface area contributed by atoms with Crippen molar-refractivity contribution in [3.63, 3.8) is 0 Å². The normalized spacial score (nSPS) is 14.0. The molecular weight excluding hydrogens is 666 g/mol. The number of pyridine rings is 1. The number of nitrogens with zero attached hydrogens (tertiary/aromatic N) is 3. The van der Waals surface area contributed by atoms with Crippen LogP contribution in [0.5, 0.6) is 0 Å². The van der Waals surface area contributed by atoms with Gasteiger partial charge in [-0.2, -0.15) is 0 Å². The van der Waals surface area contributed by atoms with Gasteiger partial charge in [0.25, 0.3) is 5.91 Å². The summed E-state index contributed by atoms with van der Waals surface area (Å²) >= 11 is 1.46. The van der Waals surface area contributed by atoms with E-state index in [9.17, 15) is 31.2 Å². The largest absolute Gasteiger partial charge is 0.366 e. The minimum Gasteiger partial charge on any atom is -0.366 e. The zero-order valence-electron chi connectivity index (χ0n) is 26.0. The molecule has 0 unspecified atom stereocenters. The number of sulfonamides is 1. The molecule has 48 heavy (non-hydrogen) atoms. The van der Waals surface area contributed by atoms with E-state index in [1.165, 1.54) is 34.9 Å². The van der Waals surface area contributed by atoms with E-state index in [1.807, 2.05) is 31.2 Å². The fourth-order valence-corrected chi connectivity index (χ4v) is 6.82. The zero-order valence-corrected chi connectivity index (χ0v) is 27.7. The molecule has 1 saturated heterocycles. The molecule has 0 saturated carbocycles. The van der Waals surface area contributed by atoms with Gasteiger partial charge in [-0.3, -0.25) is 19.3 Å². The number of rotatable bonds is 10. The second-order valence-electron chi connectivity index (χ2n) is 11.4. The van der Waals surface area contributed by atoms with Crippen molar-refractivity contribution in [2.75, 3.05) is 34.3 Å². The number of anilines is 3. The quantitative estimate of drug-likeness (QED) is 0.181. The van der Waals surface area contributed by atoms with Gasteiger partial charge in [-0.15, -0.1) is 0 Å². The molecule has 0 aliphatic carbocycles. The number of amides is 3. The number of primary amides is 1. The smallest absolute Gasteiger partial charge is 0.326 e. The number of urea groups is 1. The highest BCUT2D eigenvalue weighted by molar-refractivity contribution is 7.99. The van der Waals surface area contributed by atoms with Gasteiger partial charge in [0.05, 0.1) is 17.5 Å². The fourth-order valence-electron chi connectivity index (χ4n) is 5.42. The summed E-state index contributed by atoms with van der Waals surface area (Å²) in [5.74, 6) is -3.92. The maximum Gasteiger partial charge on any atom is 0.326 e. The molecule has 1 aromatic heterocycles. The van der Waals surface area contributed by atoms with Crippen molar-refractivity contribution in [1.82, 2.24) is 9.88 Å². The number of carbonyl (C=O) groups excluding carboxylic acids is 2. The molecule has 0 spiro atoms. The van der Waals surface area contributed by atoms with Gasteiger partial charge >= 0.3 is 6.03 Å². The van der Waals surface area contributed by atoms with Crippen molar-refractivity contribution in [2.24, 2.45) is 5.73 Å². The Morgan fingerprint density at radius 2 is 1.71 bits per heavy atom. The lowest BCUT2D eigenvalue weighted by atomic mass is 10.0. The van der Waals surface area contributed by atoms with Crippen molar-refractivity contribution in [3.8, 4) is 0 Å². The number of nitrogens with one attached hydrogen (secondary N) is 2. The highest BCUT2D eigenvalue weighted by Crippen LogP contribution is 2.30. The number of aromatic nitrogens is 1. The van der Waals surface area contributed by atoms with Crippen LogP contribution in [-0.2, 0) is 16.6 Å². The van der Waals surface area contributed by atoms with Crippen LogP contribution in [0, 0.1) is 24.4 Å². The lowest BCUT2D eigenvalue weighted by Crippen LogP contribution is -2.49. The predicted molar refractivity (Wildman–Crippen MR) is 179 cm³/mol. The molecule has 4 N–H and O–H groups in total. The molecular formula is C33H33F3N6O4S2. The highest BCUT2D eigenvalue weighted by atomic mass is 32.2. The van der Waals surface area contributed by atoms with E-state index >= 15 is 0 Å². The molecule has 1 aliphatic heterocycles. The summed E-state index contributed by atoms with van der Waals surface area (Å²) in [6.07, 6.45) is 2.14. The summed E-state index contributed by atoms with van der Waals surface area (Å²) in [7, 11) is -3.36. The Morgan fingerprint density at radius 1 is 1.00 bits per heavy atom. The minimum atomic E-state index is -3.36. The summed E-state index contributed by atoms with van der Waals surface area (Å²) in [5.41, 5.74) is 6.81. The molecule has 2 heterocycles. The van der Waals surface area contributed by atoms with E-state index in [0.717, 1.165) is 33.5 Å². The molecule has 252 valence electrons. The van der Waals surface area contributed by atoms with E-state index < -0.39 is 50.7 Å². The van der Waals surface area contributed by atoms with Crippen LogP contribution in [0.15, 0.2) is 82.7 Å². The van der Waals surface area contributed by atoms with E-state index in [0.29, 0.717) is 44.2 Å². The number of hydrogen-bond acceptors (Lipinski definition) is 7. The van der Waals surface area contributed by atoms with Gasteiger partial charge in [0.2, 0.25) is 10.0 Å². The molecule has 10 nitrogen and oxygen atoms in total. The first-order valence-electron chi connectivity index (χ1n) is 14.8. The topological polar surface area (TPSA) is 138 Å². The van der Waals surface area contributed by atoms with Gasteiger partial charge in [-0.25, -0.2) is 31.4 Å². The van der Waals surface area contributed by atoms with E-state index in [1.54, 1.807) is 18.2 Å². The number of piperidine rings is 1. The minimum absolute atomic E-state index is 0.262. The summed E-state index contributed by atoms with van der Waals surface area (Å²) in [6, 6.07) is 16.6. The molecule has 4 aromatic rings. The number of carbonyl (C=O) groups is 2. The molecule has 15 heteroatoms. The number of nitrogens with two attached hydrogens (primary N) is 1. The van der Waals surface area contributed by atoms with Gasteiger partial charge in [0.1, 0.15) is 22.5 Å². The molecule has 1 aliphatic rings. The summed E-state index contributed by atoms with van der Waals surface area (Å²) < 4.78 is 68.2. The van der Waals surface area contributed by atoms with Crippen molar-refractivity contribution < 1.29 is 31.2 Å². The summed E-state index contributed by atoms with van der Waals surface area (Å²) in [6.45, 7) is 3.75. The molecule has 5 rings (SSSR count). The van der Waals surface area contributed by atoms with Gasteiger partial charge in [-0.1, -0.05) is 23.9 Å². The second kappa shape index (κ2) is 14.7. The van der Waals surface area contributed by atoms with Crippen molar-refractivity contribution >= 4 is 50.8 Å². The maximum atomic E-state index is 14.6. The first-order valence-corrected chi connectivity index (χ1v) is 17.6. The number of likely N-dealkylation sites (tertiary alicyclic amines) is 1. The van der Waals surface area contributed by atoms with Gasteiger partial charge in [0, 0.05) is 53.7 Å². The predicted octanol–water partition coefficient (Wildman–Crippen LogP) is 6.13. The number of halogens is 3. The molecule has 3 amide bonds. The van der Waals surface area contributed by atoms with Gasteiger partial charge in [0.15, 0.2) is 0 Å². The van der Waals surface area contributed by atoms with Crippen LogP contribution >= 0.6 is 11.8 Å². The van der Waals surface area contributed by atoms with Crippen molar-refractivity contribution in [3.05, 3.63) is 107 Å². The van der Waals surface area contributed by atoms with E-state index in [4.69, 9.17) is 10.7 Å². The summed E-state index contributed by atoms with van der Waals surface area (Å²) in [5, 5.41) is 3.19. The van der Waals surface area contributed by atoms with Crippen molar-refractivity contribution in [1.29, 1.82) is 0 Å². The molecule has 3 aromatic carbocycles. The first-order chi connectivity index (χ1) is 22.8. The third-order valence-electron chi connectivity index (χ3n) is 7.73. The van der Waals surface area contributed by atoms with Crippen LogP contribution < -0.4 is 20.7 Å². The van der Waals surface area contributed by atoms with Crippen LogP contribution in [0.2, 0.25) is 0 Å². The Balaban J connectivity index is 1.24. The average molecular weight is 699 g/mol. The Kier molecular flexibility index (Phi) is 10.6. The van der Waals surface area contributed by atoms with Gasteiger partial charge in [-0.05, 0) is 79.9 Å². The van der Waals surface area contributed by atoms with Crippen LogP contribution in [0.4, 0.5) is 35.0 Å². The van der Waals surface area contributed by atoms with Crippen molar-refractivity contribution in [2.45, 2.75) is 42.3 Å². The van der Waals surface area contributed by atoms with Crippen LogP contribution in [0.3, 0.4) is 0 Å². The Bertz CT molecular complexity index is 1940. The Morgan fingerprint density at radius 3 is 2.33 bits per heavy atom. The SMILES string of the molecule is Cc1nc(Sc2ccc(NS(C)(=O)=O)cc2)ccc1CN1CCC(N(C(=O)Nc2cc(C(N)=O)c(F)cc2F)c2cccc(F)c2)CC1. The standard InChI is InChI=1S/C33H33F3N6O4S2/c1-20-21(6-11-31(38-20)47-26-9-7-23(8-10-26)40-48(2,45)46)19-41-14-12-24(13-15-41)42(25-5-3-4-22(34)16-25)33(44)39-30-17-27(32(37)43)28(35)18-29(30)36/h3-11,16-18,24,40H,12-15,19H2,1-2H3,(H2,37,43)(H,39,44). The molecule has 0 bridgehead atoms. The van der Waals surface area contributed by atoms with E-state index in [-0.39, 0.29) is 11.7 Å². The third kappa shape index (κ3) is 8.85. The second-order valence-corrected chi connectivity index (χ2v) is 14.2. The third-order valence-corrected chi connectivity index (χ3v) is 9.29. The van der Waals surface area contributed by atoms with Gasteiger partial charge < -0.3 is 11.1 Å². The lowest BCUT2D eigenvalue weighted by Gasteiger charge is -2.38. The van der Waals surface area contributed by atoms with E-state index in [2.05, 4.69) is 14.9 Å². The fraction of sp³-hybridized carbons (Fsp3) is 0.242. The number of benzene rings is 3. The highest BCUT2D eigenvalue weighted by Gasteiger charge is 2.30. The monoisotopic (exact) mass is 698 g/mol. The first kappa shape index (κ1) is 34.7. The lowest BCUT2D eigenvalue weighted by molar-refractivity contribution is 0.0996. The van der Waals surface area contributed by atoms with Crippen LogP contribution in [-0.4, -0.2) is 55.6 Å².